The molecule has 0 saturated heterocycles. The highest BCUT2D eigenvalue weighted by Gasteiger charge is 2.15. The number of para-hydroxylation sites is 2. The minimum Gasteiger partial charge on any atom is -0.494 e. The highest BCUT2D eigenvalue weighted by Crippen LogP contribution is 2.20. The summed E-state index contributed by atoms with van der Waals surface area (Å²) in [6.07, 6.45) is 0. The second-order valence-corrected chi connectivity index (χ2v) is 5.53. The van der Waals surface area contributed by atoms with E-state index < -0.39 is 0 Å². The van der Waals surface area contributed by atoms with Crippen LogP contribution in [0.1, 0.15) is 6.92 Å². The standard InChI is InChI=1S/C17H13ClN4O2/c1-2-24-12-9-7-11(8-10-12)22-17(23)21-14-6-4-3-5-13(14)19-15(18)16(21)20-22/h3-10H,2H2,1H3. The predicted molar refractivity (Wildman–Crippen MR) is 92.3 cm³/mol. The fraction of sp³-hybridized carbons (Fsp3) is 0.118. The van der Waals surface area contributed by atoms with E-state index >= 15 is 0 Å². The number of benzene rings is 2. The summed E-state index contributed by atoms with van der Waals surface area (Å²) in [5.74, 6) is 0.739. The average Bonchev–Trinajstić information content (AvgIpc) is 2.95. The van der Waals surface area contributed by atoms with E-state index in [4.69, 9.17) is 16.3 Å². The normalized spacial score (nSPS) is 11.2. The van der Waals surface area contributed by atoms with Crippen LogP contribution in [0.25, 0.3) is 22.4 Å². The third-order valence-electron chi connectivity index (χ3n) is 3.70. The minimum absolute atomic E-state index is 0.190. The second kappa shape index (κ2) is 5.65. The van der Waals surface area contributed by atoms with Crippen LogP contribution >= 0.6 is 11.6 Å². The van der Waals surface area contributed by atoms with Crippen molar-refractivity contribution in [2.75, 3.05) is 6.61 Å². The van der Waals surface area contributed by atoms with E-state index in [0.29, 0.717) is 29.0 Å². The van der Waals surface area contributed by atoms with Crippen molar-refractivity contribution in [3.8, 4) is 11.4 Å². The van der Waals surface area contributed by atoms with Crippen LogP contribution < -0.4 is 10.4 Å². The third kappa shape index (κ3) is 2.23. The number of fused-ring (bicyclic) bond motifs is 3. The summed E-state index contributed by atoms with van der Waals surface area (Å²) in [4.78, 5) is 17.2. The molecule has 0 aliphatic carbocycles. The number of nitrogens with zero attached hydrogens (tertiary/aromatic N) is 4. The molecule has 2 aromatic carbocycles. The van der Waals surface area contributed by atoms with Gasteiger partial charge in [-0.1, -0.05) is 23.7 Å². The molecular weight excluding hydrogens is 328 g/mol. The van der Waals surface area contributed by atoms with Crippen LogP contribution in [0.15, 0.2) is 53.3 Å². The molecule has 0 aliphatic heterocycles. The minimum atomic E-state index is -0.297. The van der Waals surface area contributed by atoms with Gasteiger partial charge in [0.15, 0.2) is 10.8 Å². The maximum Gasteiger partial charge on any atom is 0.355 e. The molecule has 0 radical (unpaired) electrons. The van der Waals surface area contributed by atoms with Crippen LogP contribution in [0.5, 0.6) is 5.75 Å². The maximum atomic E-state index is 12.9. The summed E-state index contributed by atoms with van der Waals surface area (Å²) in [6.45, 7) is 2.50. The lowest BCUT2D eigenvalue weighted by Crippen LogP contribution is -2.20. The van der Waals surface area contributed by atoms with E-state index in [-0.39, 0.29) is 10.8 Å². The van der Waals surface area contributed by atoms with Crippen molar-refractivity contribution in [3.63, 3.8) is 0 Å². The first-order valence-corrected chi connectivity index (χ1v) is 7.86. The number of hydrogen-bond acceptors (Lipinski definition) is 4. The first kappa shape index (κ1) is 14.7. The van der Waals surface area contributed by atoms with Gasteiger partial charge in [-0.15, -0.1) is 5.10 Å². The Morgan fingerprint density at radius 3 is 2.62 bits per heavy atom. The van der Waals surface area contributed by atoms with Gasteiger partial charge in [0.25, 0.3) is 0 Å². The predicted octanol–water partition coefficient (Wildman–Crippen LogP) is 3.09. The molecule has 2 aromatic heterocycles. The van der Waals surface area contributed by atoms with Crippen molar-refractivity contribution in [1.29, 1.82) is 0 Å². The van der Waals surface area contributed by atoms with Gasteiger partial charge < -0.3 is 4.74 Å². The lowest BCUT2D eigenvalue weighted by molar-refractivity contribution is 0.340. The average molecular weight is 341 g/mol. The molecule has 0 unspecified atom stereocenters. The molecule has 7 heteroatoms. The van der Waals surface area contributed by atoms with E-state index in [1.54, 1.807) is 30.3 Å². The van der Waals surface area contributed by atoms with E-state index in [0.717, 1.165) is 5.75 Å². The first-order valence-electron chi connectivity index (χ1n) is 7.48. The van der Waals surface area contributed by atoms with E-state index in [2.05, 4.69) is 10.1 Å². The van der Waals surface area contributed by atoms with Crippen LogP contribution in [-0.2, 0) is 0 Å². The molecule has 0 fully saturated rings. The summed E-state index contributed by atoms with van der Waals surface area (Å²) in [6, 6.07) is 14.5. The van der Waals surface area contributed by atoms with Crippen LogP contribution in [0, 0.1) is 0 Å². The van der Waals surface area contributed by atoms with Gasteiger partial charge in [-0.25, -0.2) is 14.2 Å². The van der Waals surface area contributed by atoms with Crippen molar-refractivity contribution < 1.29 is 4.74 Å². The fourth-order valence-corrected chi connectivity index (χ4v) is 2.85. The van der Waals surface area contributed by atoms with Crippen molar-refractivity contribution in [3.05, 3.63) is 64.2 Å². The molecule has 0 spiro atoms. The molecule has 0 saturated carbocycles. The molecule has 4 rings (SSSR count). The van der Waals surface area contributed by atoms with Crippen LogP contribution in [0.4, 0.5) is 0 Å². The second-order valence-electron chi connectivity index (χ2n) is 5.17. The van der Waals surface area contributed by atoms with Crippen LogP contribution in [0.3, 0.4) is 0 Å². The quantitative estimate of drug-likeness (QED) is 0.575. The summed E-state index contributed by atoms with van der Waals surface area (Å²) in [5.41, 5.74) is 1.97. The smallest absolute Gasteiger partial charge is 0.355 e. The van der Waals surface area contributed by atoms with Gasteiger partial charge in [-0.05, 0) is 43.3 Å². The van der Waals surface area contributed by atoms with Gasteiger partial charge in [0, 0.05) is 0 Å². The summed E-state index contributed by atoms with van der Waals surface area (Å²) in [5, 5.41) is 4.53. The van der Waals surface area contributed by atoms with Gasteiger partial charge >= 0.3 is 5.69 Å². The zero-order chi connectivity index (χ0) is 16.7. The Kier molecular flexibility index (Phi) is 3.46. The molecule has 2 heterocycles. The van der Waals surface area contributed by atoms with E-state index in [1.807, 2.05) is 25.1 Å². The van der Waals surface area contributed by atoms with Gasteiger partial charge in [0.1, 0.15) is 5.75 Å². The Balaban J connectivity index is 1.97. The molecule has 0 bridgehead atoms. The summed E-state index contributed by atoms with van der Waals surface area (Å²) < 4.78 is 8.20. The molecule has 120 valence electrons. The Bertz CT molecular complexity index is 1100. The molecule has 0 aliphatic rings. The molecule has 24 heavy (non-hydrogen) atoms. The van der Waals surface area contributed by atoms with Crippen molar-refractivity contribution in [1.82, 2.24) is 19.2 Å². The number of halogens is 1. The maximum absolute atomic E-state index is 12.9. The van der Waals surface area contributed by atoms with Crippen molar-refractivity contribution in [2.24, 2.45) is 0 Å². The lowest BCUT2D eigenvalue weighted by Gasteiger charge is -2.03. The molecule has 0 amide bonds. The number of rotatable bonds is 3. The Labute approximate surface area is 141 Å². The van der Waals surface area contributed by atoms with Gasteiger partial charge in [0.05, 0.1) is 23.3 Å². The monoisotopic (exact) mass is 340 g/mol. The largest absolute Gasteiger partial charge is 0.494 e. The van der Waals surface area contributed by atoms with E-state index in [9.17, 15) is 4.79 Å². The van der Waals surface area contributed by atoms with Crippen LogP contribution in [0.2, 0.25) is 5.15 Å². The molecule has 6 nitrogen and oxygen atoms in total. The van der Waals surface area contributed by atoms with Gasteiger partial charge in [-0.3, -0.25) is 0 Å². The van der Waals surface area contributed by atoms with Gasteiger partial charge in [-0.2, -0.15) is 4.68 Å². The van der Waals surface area contributed by atoms with E-state index in [1.165, 1.54) is 9.08 Å². The highest BCUT2D eigenvalue weighted by atomic mass is 35.5. The van der Waals surface area contributed by atoms with Crippen molar-refractivity contribution in [2.45, 2.75) is 6.92 Å². The summed E-state index contributed by atoms with van der Waals surface area (Å²) >= 11 is 6.21. The lowest BCUT2D eigenvalue weighted by atomic mass is 10.3. The molecule has 0 atom stereocenters. The molecule has 0 N–H and O–H groups in total. The molecular formula is C17H13ClN4O2. The van der Waals surface area contributed by atoms with Crippen molar-refractivity contribution >= 4 is 28.3 Å². The Morgan fingerprint density at radius 1 is 1.12 bits per heavy atom. The summed E-state index contributed by atoms with van der Waals surface area (Å²) in [7, 11) is 0. The van der Waals surface area contributed by atoms with Gasteiger partial charge in [0.2, 0.25) is 0 Å². The number of aromatic nitrogens is 4. The van der Waals surface area contributed by atoms with Crippen LogP contribution in [-0.4, -0.2) is 25.8 Å². The number of hydrogen-bond donors (Lipinski definition) is 0. The zero-order valence-corrected chi connectivity index (χ0v) is 13.6. The zero-order valence-electron chi connectivity index (χ0n) is 12.8. The SMILES string of the molecule is CCOc1ccc(-n2nc3c(Cl)nc4ccccc4n3c2=O)cc1. The first-order chi connectivity index (χ1) is 11.7. The third-order valence-corrected chi connectivity index (χ3v) is 3.95. The topological polar surface area (TPSA) is 61.4 Å². The molecule has 4 aromatic rings. The fourth-order valence-electron chi connectivity index (χ4n) is 2.64. The Morgan fingerprint density at radius 2 is 1.88 bits per heavy atom. The Hall–Kier alpha value is -2.86. The number of ether oxygens (including phenoxy) is 1. The highest BCUT2D eigenvalue weighted by molar-refractivity contribution is 6.32.